The van der Waals surface area contributed by atoms with Crippen LogP contribution in [-0.4, -0.2) is 36.0 Å². The lowest BCUT2D eigenvalue weighted by Crippen LogP contribution is -2.53. The maximum absolute atomic E-state index is 12.7. The number of amides is 2. The molecule has 0 spiro atoms. The second-order valence-corrected chi connectivity index (χ2v) is 7.36. The van der Waals surface area contributed by atoms with Gasteiger partial charge in [0.15, 0.2) is 0 Å². The third kappa shape index (κ3) is 5.80. The fourth-order valence-electron chi connectivity index (χ4n) is 3.50. The molecule has 6 nitrogen and oxygen atoms in total. The number of hydrogen-bond acceptors (Lipinski definition) is 3. The van der Waals surface area contributed by atoms with Crippen LogP contribution in [0, 0.1) is 23.7 Å². The number of rotatable bonds is 8. The van der Waals surface area contributed by atoms with Crippen LogP contribution in [0.15, 0.2) is 0 Å². The molecule has 6 heteroatoms. The lowest BCUT2D eigenvalue weighted by molar-refractivity contribution is -0.147. The number of carboxylic acid groups (broad SMARTS) is 1. The number of aliphatic carboxylic acids is 1. The van der Waals surface area contributed by atoms with Crippen LogP contribution in [0.3, 0.4) is 0 Å². The largest absolute Gasteiger partial charge is 0.481 e. The van der Waals surface area contributed by atoms with Gasteiger partial charge in [-0.25, -0.2) is 0 Å². The Kier molecular flexibility index (Phi) is 8.22. The van der Waals surface area contributed by atoms with Gasteiger partial charge in [-0.1, -0.05) is 40.0 Å². The number of nitrogens with one attached hydrogen (secondary N) is 2. The molecule has 138 valence electrons. The van der Waals surface area contributed by atoms with Crippen molar-refractivity contribution in [3.05, 3.63) is 0 Å². The maximum Gasteiger partial charge on any atom is 0.307 e. The van der Waals surface area contributed by atoms with E-state index in [0.717, 1.165) is 32.1 Å². The highest BCUT2D eigenvalue weighted by atomic mass is 16.4. The minimum Gasteiger partial charge on any atom is -0.481 e. The molecule has 0 saturated heterocycles. The molecule has 0 aromatic rings. The van der Waals surface area contributed by atoms with Crippen LogP contribution in [0.4, 0.5) is 0 Å². The average Bonchev–Trinajstić information content (AvgIpc) is 2.56. The van der Waals surface area contributed by atoms with Crippen molar-refractivity contribution < 1.29 is 19.5 Å². The third-order valence-electron chi connectivity index (χ3n) is 5.00. The molecule has 0 radical (unpaired) electrons. The molecule has 1 saturated carbocycles. The van der Waals surface area contributed by atoms with Gasteiger partial charge >= 0.3 is 5.97 Å². The fourth-order valence-corrected chi connectivity index (χ4v) is 3.50. The Morgan fingerprint density at radius 1 is 1.04 bits per heavy atom. The van der Waals surface area contributed by atoms with E-state index in [4.69, 9.17) is 0 Å². The summed E-state index contributed by atoms with van der Waals surface area (Å²) in [6.07, 6.45) is 5.62. The minimum atomic E-state index is -0.982. The summed E-state index contributed by atoms with van der Waals surface area (Å²) < 4.78 is 0. The van der Waals surface area contributed by atoms with Gasteiger partial charge in [0.05, 0.1) is 11.8 Å². The summed E-state index contributed by atoms with van der Waals surface area (Å²) in [6, 6.07) is -0.571. The lowest BCUT2D eigenvalue weighted by atomic mass is 9.82. The molecule has 3 atom stereocenters. The molecule has 0 aliphatic heterocycles. The third-order valence-corrected chi connectivity index (χ3v) is 5.00. The molecule has 2 amide bonds. The van der Waals surface area contributed by atoms with Crippen LogP contribution < -0.4 is 10.6 Å². The molecule has 1 fully saturated rings. The highest BCUT2D eigenvalue weighted by molar-refractivity contribution is 5.90. The Morgan fingerprint density at radius 2 is 1.62 bits per heavy atom. The second kappa shape index (κ2) is 9.64. The molecule has 1 unspecified atom stereocenters. The zero-order valence-corrected chi connectivity index (χ0v) is 15.3. The Labute approximate surface area is 144 Å². The molecular formula is C18H32N2O4. The van der Waals surface area contributed by atoms with Crippen LogP contribution in [0.1, 0.15) is 59.3 Å². The number of carbonyl (C=O) groups excluding carboxylic acids is 2. The summed E-state index contributed by atoms with van der Waals surface area (Å²) in [7, 11) is 1.57. The fraction of sp³-hybridized carbons (Fsp3) is 0.833. The summed E-state index contributed by atoms with van der Waals surface area (Å²) in [5.41, 5.74) is 0. The first-order valence-corrected chi connectivity index (χ1v) is 9.02. The predicted molar refractivity (Wildman–Crippen MR) is 92.3 cm³/mol. The molecule has 0 aromatic heterocycles. The van der Waals surface area contributed by atoms with Crippen LogP contribution in [-0.2, 0) is 14.4 Å². The smallest absolute Gasteiger partial charge is 0.307 e. The Hall–Kier alpha value is -1.59. The monoisotopic (exact) mass is 340 g/mol. The van der Waals surface area contributed by atoms with Crippen LogP contribution in [0.25, 0.3) is 0 Å². The van der Waals surface area contributed by atoms with E-state index in [1.165, 1.54) is 0 Å². The highest BCUT2D eigenvalue weighted by Gasteiger charge is 2.35. The first kappa shape index (κ1) is 20.5. The lowest BCUT2D eigenvalue weighted by Gasteiger charge is -2.31. The van der Waals surface area contributed by atoms with Crippen molar-refractivity contribution in [3.8, 4) is 0 Å². The average molecular weight is 340 g/mol. The zero-order valence-electron chi connectivity index (χ0n) is 15.3. The van der Waals surface area contributed by atoms with Crippen molar-refractivity contribution in [1.29, 1.82) is 0 Å². The molecule has 0 bridgehead atoms. The maximum atomic E-state index is 12.7. The molecule has 0 aromatic carbocycles. The van der Waals surface area contributed by atoms with Gasteiger partial charge in [-0.2, -0.15) is 0 Å². The number of carboxylic acids is 1. The molecular weight excluding hydrogens is 308 g/mol. The SMILES string of the molecule is CNC(=O)[C@@H](NC(=O)[C@H](CC(C)C)C(C)C(=O)O)C1CCCCC1. The molecule has 1 aliphatic rings. The summed E-state index contributed by atoms with van der Waals surface area (Å²) in [6.45, 7) is 5.49. The van der Waals surface area contributed by atoms with E-state index in [1.807, 2.05) is 13.8 Å². The Balaban J connectivity index is 2.89. The molecule has 24 heavy (non-hydrogen) atoms. The highest BCUT2D eigenvalue weighted by Crippen LogP contribution is 2.28. The molecule has 1 aliphatic carbocycles. The van der Waals surface area contributed by atoms with Gasteiger partial charge in [-0.05, 0) is 31.1 Å². The second-order valence-electron chi connectivity index (χ2n) is 7.36. The van der Waals surface area contributed by atoms with Crippen molar-refractivity contribution in [1.82, 2.24) is 10.6 Å². The summed E-state index contributed by atoms with van der Waals surface area (Å²) >= 11 is 0. The van der Waals surface area contributed by atoms with Gasteiger partial charge in [-0.3, -0.25) is 14.4 Å². The minimum absolute atomic E-state index is 0.127. The van der Waals surface area contributed by atoms with Crippen molar-refractivity contribution in [3.63, 3.8) is 0 Å². The van der Waals surface area contributed by atoms with Crippen molar-refractivity contribution in [2.75, 3.05) is 7.05 Å². The van der Waals surface area contributed by atoms with Crippen molar-refractivity contribution in [2.45, 2.75) is 65.3 Å². The van der Waals surface area contributed by atoms with Gasteiger partial charge < -0.3 is 15.7 Å². The number of carbonyl (C=O) groups is 3. The van der Waals surface area contributed by atoms with E-state index in [9.17, 15) is 19.5 Å². The van der Waals surface area contributed by atoms with E-state index in [0.29, 0.717) is 6.42 Å². The summed E-state index contributed by atoms with van der Waals surface area (Å²) in [5.74, 6) is -2.57. The van der Waals surface area contributed by atoms with Crippen LogP contribution in [0.5, 0.6) is 0 Å². The van der Waals surface area contributed by atoms with Crippen molar-refractivity contribution >= 4 is 17.8 Å². The van der Waals surface area contributed by atoms with E-state index >= 15 is 0 Å². The van der Waals surface area contributed by atoms with Gasteiger partial charge in [-0.15, -0.1) is 0 Å². The predicted octanol–water partition coefficient (Wildman–Crippen LogP) is 2.18. The first-order valence-electron chi connectivity index (χ1n) is 9.02. The number of likely N-dealkylation sites (N-methyl/N-ethyl adjacent to an activating group) is 1. The van der Waals surface area contributed by atoms with E-state index in [2.05, 4.69) is 10.6 Å². The van der Waals surface area contributed by atoms with Crippen LogP contribution >= 0.6 is 0 Å². The molecule has 1 rings (SSSR count). The van der Waals surface area contributed by atoms with E-state index in [-0.39, 0.29) is 23.7 Å². The van der Waals surface area contributed by atoms with Gasteiger partial charge in [0.2, 0.25) is 11.8 Å². The normalized spacial score (nSPS) is 19.4. The zero-order chi connectivity index (χ0) is 18.3. The van der Waals surface area contributed by atoms with Gasteiger partial charge in [0.1, 0.15) is 6.04 Å². The summed E-state index contributed by atoms with van der Waals surface area (Å²) in [5, 5.41) is 14.8. The first-order chi connectivity index (χ1) is 11.3. The van der Waals surface area contributed by atoms with Crippen molar-refractivity contribution in [2.24, 2.45) is 23.7 Å². The standard InChI is InChI=1S/C18H32N2O4/c1-11(2)10-14(12(3)18(23)24)16(21)20-15(17(22)19-4)13-8-6-5-7-9-13/h11-15H,5-10H2,1-4H3,(H,19,22)(H,20,21)(H,23,24)/t12?,14-,15+/m1/s1. The Morgan fingerprint density at radius 3 is 2.08 bits per heavy atom. The topological polar surface area (TPSA) is 95.5 Å². The van der Waals surface area contributed by atoms with Gasteiger partial charge in [0, 0.05) is 7.05 Å². The van der Waals surface area contributed by atoms with E-state index < -0.39 is 23.8 Å². The van der Waals surface area contributed by atoms with Crippen LogP contribution in [0.2, 0.25) is 0 Å². The number of hydrogen-bond donors (Lipinski definition) is 3. The quantitative estimate of drug-likeness (QED) is 0.631. The summed E-state index contributed by atoms with van der Waals surface area (Å²) in [4.78, 5) is 36.3. The molecule has 0 heterocycles. The molecule has 3 N–H and O–H groups in total. The Bertz CT molecular complexity index is 444. The van der Waals surface area contributed by atoms with Gasteiger partial charge in [0.25, 0.3) is 0 Å². The van der Waals surface area contributed by atoms with E-state index in [1.54, 1.807) is 14.0 Å².